The van der Waals surface area contributed by atoms with Gasteiger partial charge in [-0.1, -0.05) is 82.3 Å². The molecule has 0 bridgehead atoms. The number of hydrogen-bond acceptors (Lipinski definition) is 5. The van der Waals surface area contributed by atoms with Crippen LogP contribution in [0.25, 0.3) is 12.3 Å². The average molecular weight is 1060 g/mol. The molecule has 3 aromatic rings. The van der Waals surface area contributed by atoms with Crippen molar-refractivity contribution in [3.63, 3.8) is 0 Å². The van der Waals surface area contributed by atoms with Crippen molar-refractivity contribution < 1.29 is 65.6 Å². The molecule has 1 fully saturated rings. The quantitative estimate of drug-likeness (QED) is 0.104. The van der Waals surface area contributed by atoms with Crippen LogP contribution in [0.15, 0.2) is 120 Å². The first-order valence-electron chi connectivity index (χ1n) is 21.6. The summed E-state index contributed by atoms with van der Waals surface area (Å²) in [6.07, 6.45) is 16.2. The van der Waals surface area contributed by atoms with Crippen molar-refractivity contribution in [3.8, 4) is 5.75 Å². The van der Waals surface area contributed by atoms with Gasteiger partial charge in [-0.05, 0) is 118 Å². The summed E-state index contributed by atoms with van der Waals surface area (Å²) >= 11 is 0. The van der Waals surface area contributed by atoms with E-state index in [0.29, 0.717) is 12.8 Å². The molecule has 0 atom stereocenters. The van der Waals surface area contributed by atoms with Gasteiger partial charge in [0.1, 0.15) is 18.1 Å². The number of ether oxygens (including phenoxy) is 1. The minimum atomic E-state index is -1.44. The Balaban J connectivity index is 0.000000891. The Morgan fingerprint density at radius 1 is 0.766 bits per heavy atom. The van der Waals surface area contributed by atoms with E-state index in [-0.39, 0.29) is 68.9 Å². The first kappa shape index (κ1) is 55.0. The molecule has 2 aliphatic carbocycles. The predicted molar refractivity (Wildman–Crippen MR) is 252 cm³/mol. The molecule has 12 nitrogen and oxygen atoms in total. The molecule has 0 saturated heterocycles. The first-order chi connectivity index (χ1) is 28.6. The van der Waals surface area contributed by atoms with Crippen LogP contribution < -0.4 is 9.64 Å². The predicted octanol–water partition coefficient (Wildman–Crippen LogP) is 11.5. The van der Waals surface area contributed by atoms with E-state index in [1.54, 1.807) is 0 Å². The number of allylic oxidation sites excluding steroid dienone is 7. The second kappa shape index (κ2) is 23.2. The van der Waals surface area contributed by atoms with E-state index in [1.165, 1.54) is 45.1 Å². The molecule has 0 aromatic heterocycles. The fourth-order valence-electron chi connectivity index (χ4n) is 9.06. The van der Waals surface area contributed by atoms with Gasteiger partial charge in [0, 0.05) is 53.9 Å². The Bertz CT molecular complexity index is 2270. The van der Waals surface area contributed by atoms with Crippen molar-refractivity contribution in [2.75, 3.05) is 18.0 Å². The van der Waals surface area contributed by atoms with Gasteiger partial charge in [0.05, 0.1) is 5.41 Å². The molecule has 64 heavy (non-hydrogen) atoms. The Morgan fingerprint density at radius 3 is 1.95 bits per heavy atom. The number of nitrogens with two attached hydrogens (primary N) is 2. The van der Waals surface area contributed by atoms with Crippen LogP contribution in [0.3, 0.4) is 0 Å². The molecular weight excluding hydrogens is 992 g/mol. The maximum Gasteiger partial charge on any atom is 2.00 e. The van der Waals surface area contributed by atoms with Crippen LogP contribution in [0.5, 0.6) is 5.75 Å². The van der Waals surface area contributed by atoms with Gasteiger partial charge in [-0.15, -0.1) is 0 Å². The minimum absolute atomic E-state index is 0. The maximum absolute atomic E-state index is 11.2. The topological polar surface area (TPSA) is 226 Å². The van der Waals surface area contributed by atoms with Crippen LogP contribution in [0.1, 0.15) is 116 Å². The molecule has 0 spiro atoms. The van der Waals surface area contributed by atoms with Gasteiger partial charge < -0.3 is 42.7 Å². The van der Waals surface area contributed by atoms with Crippen molar-refractivity contribution in [3.05, 3.63) is 149 Å². The zero-order valence-corrected chi connectivity index (χ0v) is 40.3. The Kier molecular flexibility index (Phi) is 19.9. The Morgan fingerprint density at radius 2 is 1.39 bits per heavy atom. The summed E-state index contributed by atoms with van der Waals surface area (Å²) in [4.78, 5) is 34.4. The number of nitrogens with zero attached hydrogens (tertiary/aromatic N) is 2. The molecule has 3 aromatic carbocycles. The van der Waals surface area contributed by atoms with Crippen molar-refractivity contribution >= 4 is 35.0 Å². The Hall–Kier alpha value is -5.13. The van der Waals surface area contributed by atoms with Gasteiger partial charge >= 0.3 is 39.0 Å². The third kappa shape index (κ3) is 11.2. The van der Waals surface area contributed by atoms with Crippen LogP contribution >= 0.6 is 0 Å². The van der Waals surface area contributed by atoms with Crippen LogP contribution in [0, 0.1) is 5.41 Å². The molecule has 0 unspecified atom stereocenters. The molecule has 13 heteroatoms. The summed E-state index contributed by atoms with van der Waals surface area (Å²) in [5.41, 5.74) is 9.70. The van der Waals surface area contributed by atoms with Gasteiger partial charge in [-0.2, -0.15) is 4.58 Å². The number of hydrogen-bond donors (Lipinski definition) is 3. The second-order valence-corrected chi connectivity index (χ2v) is 17.4. The van der Waals surface area contributed by atoms with E-state index in [1.807, 2.05) is 24.3 Å². The molecule has 348 valence electrons. The summed E-state index contributed by atoms with van der Waals surface area (Å²) < 4.78 is 9.34. The van der Waals surface area contributed by atoms with Crippen LogP contribution in [0.4, 0.5) is 11.4 Å². The number of rotatable bonds is 14. The van der Waals surface area contributed by atoms with E-state index in [9.17, 15) is 14.4 Å². The van der Waals surface area contributed by atoms with Gasteiger partial charge in [0.2, 0.25) is 5.69 Å². The van der Waals surface area contributed by atoms with Gasteiger partial charge in [-0.3, -0.25) is 14.4 Å². The van der Waals surface area contributed by atoms with Crippen molar-refractivity contribution in [2.45, 2.75) is 117 Å². The summed E-state index contributed by atoms with van der Waals surface area (Å²) in [5.74, 6) is -1.50. The normalized spacial score (nSPS) is 18.6. The standard InChI is InChI=1S/C45H52N2O3.C6H8O4.2H2N.H2O.Pt/c1-7-30-46-38-18-11-9-16-36(38)44(3,4)40(46)27-23-33-14-13-15-34(43(33)50-35-25-20-32(21-26-35)22-29-42(48)49)24-28-41-45(5,6)37-17-10-12-19-39(37)47(41)31-8-2;7-4(8)6(5(9)10)2-1-3-6;;;;/h9-12,16-21,23-28H,7-8,13-15,22,29-31H2,1-6H3;1-3H2,(H,7,8)(H,9,10);3*1H2;/q;;2*-1;;+2/p+1. The summed E-state index contributed by atoms with van der Waals surface area (Å²) in [5, 5.41) is 26.1. The number of para-hydroxylation sites is 2. The van der Waals surface area contributed by atoms with Gasteiger partial charge in [-0.25, -0.2) is 0 Å². The maximum atomic E-state index is 11.2. The smallest absolute Gasteiger partial charge is 0.693 e. The molecule has 0 amide bonds. The minimum Gasteiger partial charge on any atom is -0.693 e. The molecule has 1 saturated carbocycles. The summed E-state index contributed by atoms with van der Waals surface area (Å²) in [6, 6.07) is 25.6. The monoisotopic (exact) mass is 1060 g/mol. The fourth-order valence-corrected chi connectivity index (χ4v) is 9.06. The fraction of sp³-hybridized carbons (Fsp3) is 0.412. The van der Waals surface area contributed by atoms with E-state index in [2.05, 4.69) is 124 Å². The average Bonchev–Trinajstić information content (AvgIpc) is 3.54. The zero-order chi connectivity index (χ0) is 43.2. The molecule has 2 heterocycles. The molecular formula is C51H67N4O8Pt+. The number of aliphatic carboxylic acids is 3. The number of anilines is 1. The van der Waals surface area contributed by atoms with Crippen LogP contribution in [-0.4, -0.2) is 62.1 Å². The van der Waals surface area contributed by atoms with E-state index in [0.717, 1.165) is 62.3 Å². The van der Waals surface area contributed by atoms with E-state index < -0.39 is 23.3 Å². The zero-order valence-electron chi connectivity index (χ0n) is 38.1. The number of benzene rings is 3. The number of fused-ring (bicyclic) bond motifs is 2. The second-order valence-electron chi connectivity index (χ2n) is 17.4. The van der Waals surface area contributed by atoms with Gasteiger partial charge in [0.25, 0.3) is 0 Å². The Labute approximate surface area is 393 Å². The number of carboxylic acid groups (broad SMARTS) is 3. The van der Waals surface area contributed by atoms with E-state index >= 15 is 0 Å². The molecule has 0 radical (unpaired) electrons. The molecule has 7 rings (SSSR count). The molecule has 2 aliphatic heterocycles. The molecule has 9 N–H and O–H groups in total. The first-order valence-corrected chi connectivity index (χ1v) is 21.6. The number of carbonyl (C=O) groups is 3. The summed E-state index contributed by atoms with van der Waals surface area (Å²) in [6.45, 7) is 15.8. The van der Waals surface area contributed by atoms with Crippen molar-refractivity contribution in [1.82, 2.24) is 0 Å². The summed E-state index contributed by atoms with van der Waals surface area (Å²) in [7, 11) is 0. The van der Waals surface area contributed by atoms with Gasteiger partial charge in [0.15, 0.2) is 11.1 Å². The third-order valence-corrected chi connectivity index (χ3v) is 12.7. The van der Waals surface area contributed by atoms with Crippen molar-refractivity contribution in [1.29, 1.82) is 0 Å². The third-order valence-electron chi connectivity index (χ3n) is 12.7. The van der Waals surface area contributed by atoms with E-state index in [4.69, 9.17) is 20.1 Å². The SMILES string of the molecule is CCCN1/C(=C/C=C2\CCCC(/C=C/C3=[N+](CCC)c4ccccc4C3(C)C)=C2Oc2ccc(CCC(=O)O)cc2)C(C)(C)c2ccccc21.O.O=C(O)C1(C(=O)O)CCC1.[NH2-].[NH2-].[Pt+2]. The van der Waals surface area contributed by atoms with Crippen LogP contribution in [0.2, 0.25) is 0 Å². The molecule has 4 aliphatic rings. The number of aryl methyl sites for hydroxylation is 1. The largest absolute Gasteiger partial charge is 2.00 e. The van der Waals surface area contributed by atoms with Crippen molar-refractivity contribution in [2.24, 2.45) is 5.41 Å². The van der Waals surface area contributed by atoms with Crippen LogP contribution in [-0.2, 0) is 52.7 Å². The number of carboxylic acids is 3.